The van der Waals surface area contributed by atoms with Gasteiger partial charge in [-0.15, -0.1) is 11.3 Å². The maximum absolute atomic E-state index is 12.6. The van der Waals surface area contributed by atoms with Gasteiger partial charge in [0.15, 0.2) is 10.9 Å². The minimum absolute atomic E-state index is 0.128. The minimum Gasteiger partial charge on any atom is -0.309 e. The number of pyridine rings is 1. The van der Waals surface area contributed by atoms with E-state index >= 15 is 0 Å². The molecule has 1 aliphatic rings. The first-order valence-corrected chi connectivity index (χ1v) is 10.5. The topological polar surface area (TPSA) is 87.2 Å². The van der Waals surface area contributed by atoms with Crippen LogP contribution in [-0.2, 0) is 9.59 Å². The average molecular weight is 442 g/mol. The maximum atomic E-state index is 12.6. The van der Waals surface area contributed by atoms with Crippen molar-refractivity contribution < 1.29 is 9.59 Å². The summed E-state index contributed by atoms with van der Waals surface area (Å²) in [6.07, 6.45) is 3.02. The lowest BCUT2D eigenvalue weighted by Crippen LogP contribution is -2.44. The lowest BCUT2D eigenvalue weighted by Gasteiger charge is -2.31. The summed E-state index contributed by atoms with van der Waals surface area (Å²) in [6.45, 7) is 5.38. The van der Waals surface area contributed by atoms with Gasteiger partial charge in [0.1, 0.15) is 0 Å². The van der Waals surface area contributed by atoms with E-state index in [1.807, 2.05) is 18.7 Å². The number of piperidine rings is 1. The van der Waals surface area contributed by atoms with Crippen LogP contribution in [0.15, 0.2) is 12.3 Å². The molecule has 2 aromatic heterocycles. The van der Waals surface area contributed by atoms with Gasteiger partial charge in [-0.05, 0) is 39.3 Å². The van der Waals surface area contributed by atoms with Crippen LogP contribution in [-0.4, -0.2) is 46.3 Å². The van der Waals surface area contributed by atoms with E-state index < -0.39 is 0 Å². The molecule has 7 nitrogen and oxygen atoms in total. The Morgan fingerprint density at radius 2 is 2.11 bits per heavy atom. The second-order valence-electron chi connectivity index (χ2n) is 6.76. The Bertz CT molecular complexity index is 869. The van der Waals surface area contributed by atoms with Gasteiger partial charge in [-0.1, -0.05) is 23.2 Å². The lowest BCUT2D eigenvalue weighted by atomic mass is 9.97. The van der Waals surface area contributed by atoms with Gasteiger partial charge in [0.05, 0.1) is 28.2 Å². The van der Waals surface area contributed by atoms with Crippen LogP contribution in [0.3, 0.4) is 0 Å². The number of halogens is 2. The number of hydrogen-bond donors (Lipinski definition) is 2. The van der Waals surface area contributed by atoms with Gasteiger partial charge in [-0.3, -0.25) is 14.5 Å². The SMILES string of the molecule is Cc1nc(NC(=O)CN2CCCC(C(=O)Nc3ncc(Cl)cc3Cl)C2)sc1C. The van der Waals surface area contributed by atoms with Crippen molar-refractivity contribution in [3.8, 4) is 0 Å². The monoisotopic (exact) mass is 441 g/mol. The van der Waals surface area contributed by atoms with Crippen molar-refractivity contribution in [2.75, 3.05) is 30.3 Å². The van der Waals surface area contributed by atoms with E-state index in [9.17, 15) is 9.59 Å². The molecule has 2 amide bonds. The summed E-state index contributed by atoms with van der Waals surface area (Å²) < 4.78 is 0. The van der Waals surface area contributed by atoms with Gasteiger partial charge < -0.3 is 10.6 Å². The number of carbonyl (C=O) groups is 2. The highest BCUT2D eigenvalue weighted by Gasteiger charge is 2.27. The summed E-state index contributed by atoms with van der Waals surface area (Å²) in [5, 5.41) is 6.89. The molecule has 3 heterocycles. The maximum Gasteiger partial charge on any atom is 0.240 e. The summed E-state index contributed by atoms with van der Waals surface area (Å²) in [4.78, 5) is 36.3. The van der Waals surface area contributed by atoms with E-state index in [1.54, 1.807) is 0 Å². The van der Waals surface area contributed by atoms with Crippen LogP contribution in [0.25, 0.3) is 0 Å². The Labute approximate surface area is 177 Å². The Balaban J connectivity index is 1.54. The van der Waals surface area contributed by atoms with Gasteiger partial charge in [-0.25, -0.2) is 9.97 Å². The predicted octanol–water partition coefficient (Wildman–Crippen LogP) is 3.75. The van der Waals surface area contributed by atoms with Crippen LogP contribution < -0.4 is 10.6 Å². The van der Waals surface area contributed by atoms with Gasteiger partial charge in [0.25, 0.3) is 0 Å². The zero-order chi connectivity index (χ0) is 20.3. The van der Waals surface area contributed by atoms with Gasteiger partial charge >= 0.3 is 0 Å². The van der Waals surface area contributed by atoms with Gasteiger partial charge in [-0.2, -0.15) is 0 Å². The number of hydrogen-bond acceptors (Lipinski definition) is 6. The molecule has 3 rings (SSSR count). The Morgan fingerprint density at radius 1 is 1.32 bits per heavy atom. The Morgan fingerprint density at radius 3 is 2.79 bits per heavy atom. The third-order valence-electron chi connectivity index (χ3n) is 4.57. The van der Waals surface area contributed by atoms with E-state index in [-0.39, 0.29) is 24.3 Å². The smallest absolute Gasteiger partial charge is 0.240 e. The van der Waals surface area contributed by atoms with Crippen LogP contribution >= 0.6 is 34.5 Å². The molecule has 1 unspecified atom stereocenters. The molecule has 28 heavy (non-hydrogen) atoms. The second-order valence-corrected chi connectivity index (χ2v) is 8.80. The summed E-state index contributed by atoms with van der Waals surface area (Å²) in [7, 11) is 0. The van der Waals surface area contributed by atoms with Crippen LogP contribution in [0.1, 0.15) is 23.4 Å². The molecule has 0 saturated carbocycles. The van der Waals surface area contributed by atoms with Gasteiger partial charge in [0.2, 0.25) is 11.8 Å². The number of thiazole rings is 1. The predicted molar refractivity (Wildman–Crippen MR) is 112 cm³/mol. The largest absolute Gasteiger partial charge is 0.309 e. The molecule has 2 aromatic rings. The first-order chi connectivity index (χ1) is 13.3. The van der Waals surface area contributed by atoms with E-state index in [1.165, 1.54) is 23.6 Å². The van der Waals surface area contributed by atoms with Crippen molar-refractivity contribution in [1.29, 1.82) is 0 Å². The Hall–Kier alpha value is -1.74. The third kappa shape index (κ3) is 5.41. The standard InChI is InChI=1S/C18H21Cl2N5O2S/c1-10-11(2)28-18(22-10)23-15(26)9-25-5-3-4-12(8-25)17(27)24-16-14(20)6-13(19)7-21-16/h6-7,12H,3-5,8-9H2,1-2H3,(H,21,24,27)(H,22,23,26). The Kier molecular flexibility index (Phi) is 6.87. The van der Waals surface area contributed by atoms with Crippen molar-refractivity contribution >= 4 is 57.3 Å². The molecule has 0 bridgehead atoms. The van der Waals surface area contributed by atoms with E-state index in [2.05, 4.69) is 20.6 Å². The van der Waals surface area contributed by atoms with E-state index in [4.69, 9.17) is 23.2 Å². The summed E-state index contributed by atoms with van der Waals surface area (Å²) in [6, 6.07) is 1.53. The van der Waals surface area contributed by atoms with Crippen molar-refractivity contribution in [3.05, 3.63) is 32.9 Å². The molecule has 1 saturated heterocycles. The number of rotatable bonds is 5. The molecule has 2 N–H and O–H groups in total. The number of nitrogens with one attached hydrogen (secondary N) is 2. The second kappa shape index (κ2) is 9.17. The highest BCUT2D eigenvalue weighted by atomic mass is 35.5. The number of carbonyl (C=O) groups excluding carboxylic acids is 2. The van der Waals surface area contributed by atoms with E-state index in [0.717, 1.165) is 30.0 Å². The van der Waals surface area contributed by atoms with Crippen LogP contribution in [0, 0.1) is 19.8 Å². The molecule has 150 valence electrons. The summed E-state index contributed by atoms with van der Waals surface area (Å²) in [5.74, 6) is -0.231. The van der Waals surface area contributed by atoms with Crippen molar-refractivity contribution in [1.82, 2.24) is 14.9 Å². The average Bonchev–Trinajstić information content (AvgIpc) is 2.94. The lowest BCUT2D eigenvalue weighted by molar-refractivity contribution is -0.123. The summed E-state index contributed by atoms with van der Waals surface area (Å²) in [5.41, 5.74) is 0.921. The molecule has 0 spiro atoms. The molecule has 0 radical (unpaired) electrons. The molecular weight excluding hydrogens is 421 g/mol. The highest BCUT2D eigenvalue weighted by Crippen LogP contribution is 2.25. The fraction of sp³-hybridized carbons (Fsp3) is 0.444. The van der Waals surface area contributed by atoms with Crippen LogP contribution in [0.2, 0.25) is 10.0 Å². The molecule has 0 aromatic carbocycles. The minimum atomic E-state index is -0.237. The number of amides is 2. The number of anilines is 2. The van der Waals surface area contributed by atoms with Crippen LogP contribution in [0.5, 0.6) is 0 Å². The first-order valence-electron chi connectivity index (χ1n) is 8.90. The van der Waals surface area contributed by atoms with Crippen LogP contribution in [0.4, 0.5) is 10.9 Å². The third-order valence-corrected chi connectivity index (χ3v) is 6.05. The quantitative estimate of drug-likeness (QED) is 0.737. The number of aromatic nitrogens is 2. The number of likely N-dealkylation sites (tertiary alicyclic amines) is 1. The van der Waals surface area contributed by atoms with Crippen molar-refractivity contribution in [2.24, 2.45) is 5.92 Å². The number of nitrogens with zero attached hydrogens (tertiary/aromatic N) is 3. The molecule has 0 aliphatic carbocycles. The molecule has 10 heteroatoms. The zero-order valence-electron chi connectivity index (χ0n) is 15.6. The molecule has 1 fully saturated rings. The van der Waals surface area contributed by atoms with Crippen molar-refractivity contribution in [3.63, 3.8) is 0 Å². The van der Waals surface area contributed by atoms with Crippen molar-refractivity contribution in [2.45, 2.75) is 26.7 Å². The summed E-state index contributed by atoms with van der Waals surface area (Å²) >= 11 is 13.4. The normalized spacial score (nSPS) is 17.4. The number of aryl methyl sites for hydroxylation is 2. The fourth-order valence-electron chi connectivity index (χ4n) is 3.03. The zero-order valence-corrected chi connectivity index (χ0v) is 17.9. The molecule has 1 aliphatic heterocycles. The fourth-order valence-corrected chi connectivity index (χ4v) is 4.28. The highest BCUT2D eigenvalue weighted by molar-refractivity contribution is 7.15. The first kappa shape index (κ1) is 21.0. The van der Waals surface area contributed by atoms with E-state index in [0.29, 0.717) is 27.5 Å². The molecule has 1 atom stereocenters. The van der Waals surface area contributed by atoms with Gasteiger partial charge in [0, 0.05) is 17.6 Å². The molecular formula is C18H21Cl2N5O2S.